The van der Waals surface area contributed by atoms with E-state index in [2.05, 4.69) is 25.7 Å². The van der Waals surface area contributed by atoms with E-state index < -0.39 is 26.3 Å². The molecule has 1 aliphatic heterocycles. The molecule has 0 amide bonds. The summed E-state index contributed by atoms with van der Waals surface area (Å²) >= 11 is 7.27. The molecule has 1 aromatic carbocycles. The molecule has 31 heavy (non-hydrogen) atoms. The average Bonchev–Trinajstić information content (AvgIpc) is 3.31. The van der Waals surface area contributed by atoms with Gasteiger partial charge in [0.25, 0.3) is 10.0 Å². The molecule has 172 valence electrons. The first kappa shape index (κ1) is 24.1. The molecule has 1 saturated heterocycles. The molecule has 2 heterocycles. The summed E-state index contributed by atoms with van der Waals surface area (Å²) in [6, 6.07) is 2.46. The Morgan fingerprint density at radius 2 is 2.16 bits per heavy atom. The predicted molar refractivity (Wildman–Crippen MR) is 122 cm³/mol. The quantitative estimate of drug-likeness (QED) is 0.307. The Bertz CT molecular complexity index is 973. The molecule has 3 rings (SSSR count). The first-order valence-corrected chi connectivity index (χ1v) is 12.7. The van der Waals surface area contributed by atoms with E-state index >= 15 is 0 Å². The summed E-state index contributed by atoms with van der Waals surface area (Å²) < 4.78 is 41.5. The van der Waals surface area contributed by atoms with Crippen molar-refractivity contribution in [3.8, 4) is 0 Å². The van der Waals surface area contributed by atoms with Crippen LogP contribution in [-0.2, 0) is 10.0 Å². The highest BCUT2D eigenvalue weighted by Crippen LogP contribution is 2.29. The summed E-state index contributed by atoms with van der Waals surface area (Å²) in [5, 5.41) is 21.5. The molecular weight excluding hydrogens is 465 g/mol. The lowest BCUT2D eigenvalue weighted by molar-refractivity contribution is 0.0792. The zero-order chi connectivity index (χ0) is 22.5. The van der Waals surface area contributed by atoms with Crippen molar-refractivity contribution < 1.29 is 17.9 Å². The Morgan fingerprint density at radius 1 is 1.39 bits per heavy atom. The lowest BCUT2D eigenvalue weighted by Gasteiger charge is -2.15. The first-order valence-electron chi connectivity index (χ1n) is 9.98. The van der Waals surface area contributed by atoms with E-state index in [0.29, 0.717) is 18.8 Å². The van der Waals surface area contributed by atoms with E-state index in [1.165, 1.54) is 6.20 Å². The second kappa shape index (κ2) is 10.4. The molecule has 12 heteroatoms. The van der Waals surface area contributed by atoms with Gasteiger partial charge in [0.05, 0.1) is 16.3 Å². The van der Waals surface area contributed by atoms with Crippen LogP contribution >= 0.6 is 22.9 Å². The molecular formula is C19H27ClFN5O3S2. The fraction of sp³-hybridized carbons (Fsp3) is 0.526. The normalized spacial score (nSPS) is 21.4. The average molecular weight is 492 g/mol. The Kier molecular flexibility index (Phi) is 8.11. The van der Waals surface area contributed by atoms with Crippen LogP contribution in [0.2, 0.25) is 5.02 Å². The number of anilines is 2. The summed E-state index contributed by atoms with van der Waals surface area (Å²) in [4.78, 5) is 3.31. The Balaban J connectivity index is 1.42. The number of rotatable bonds is 11. The summed E-state index contributed by atoms with van der Waals surface area (Å²) in [6.45, 7) is 4.64. The third kappa shape index (κ3) is 6.99. The van der Waals surface area contributed by atoms with Crippen LogP contribution in [0.25, 0.3) is 0 Å². The Morgan fingerprint density at radius 3 is 2.84 bits per heavy atom. The molecule has 0 aliphatic carbocycles. The second-order valence-corrected chi connectivity index (χ2v) is 10.8. The molecule has 1 fully saturated rings. The van der Waals surface area contributed by atoms with Gasteiger partial charge in [-0.25, -0.2) is 17.8 Å². The van der Waals surface area contributed by atoms with Gasteiger partial charge in [-0.05, 0) is 44.9 Å². The van der Waals surface area contributed by atoms with Crippen LogP contribution in [0.4, 0.5) is 15.2 Å². The Hall–Kier alpha value is -1.50. The van der Waals surface area contributed by atoms with Crippen LogP contribution in [0, 0.1) is 5.82 Å². The van der Waals surface area contributed by atoms with Crippen molar-refractivity contribution in [1.29, 1.82) is 0 Å². The van der Waals surface area contributed by atoms with Crippen molar-refractivity contribution in [3.63, 3.8) is 0 Å². The van der Waals surface area contributed by atoms with Gasteiger partial charge >= 0.3 is 0 Å². The number of unbranched alkanes of at least 4 members (excludes halogenated alkanes) is 1. The zero-order valence-corrected chi connectivity index (χ0v) is 19.5. The minimum Gasteiger partial charge on any atom is -0.389 e. The van der Waals surface area contributed by atoms with Gasteiger partial charge < -0.3 is 21.1 Å². The maximum Gasteiger partial charge on any atom is 0.266 e. The summed E-state index contributed by atoms with van der Waals surface area (Å²) in [6.07, 6.45) is 3.91. The number of hydrogen-bond donors (Lipinski definition) is 5. The predicted octanol–water partition coefficient (Wildman–Crippen LogP) is 2.63. The maximum absolute atomic E-state index is 14.5. The van der Waals surface area contributed by atoms with E-state index in [1.807, 2.05) is 6.92 Å². The third-order valence-corrected chi connectivity index (χ3v) is 7.39. The number of aliphatic hydroxyl groups is 1. The van der Waals surface area contributed by atoms with Gasteiger partial charge in [0.2, 0.25) is 0 Å². The lowest BCUT2D eigenvalue weighted by atomic mass is 10.0. The van der Waals surface area contributed by atoms with Crippen LogP contribution in [-0.4, -0.2) is 56.3 Å². The van der Waals surface area contributed by atoms with Crippen molar-refractivity contribution in [2.45, 2.75) is 42.7 Å². The van der Waals surface area contributed by atoms with Crippen molar-refractivity contribution in [2.75, 3.05) is 36.2 Å². The van der Waals surface area contributed by atoms with Gasteiger partial charge in [0, 0.05) is 37.3 Å². The summed E-state index contributed by atoms with van der Waals surface area (Å²) in [5.41, 5.74) is -0.283. The lowest BCUT2D eigenvalue weighted by Crippen LogP contribution is -2.34. The van der Waals surface area contributed by atoms with E-state index in [0.717, 1.165) is 55.8 Å². The van der Waals surface area contributed by atoms with Gasteiger partial charge in [-0.15, -0.1) is 11.3 Å². The topological polar surface area (TPSA) is 115 Å². The monoisotopic (exact) mass is 491 g/mol. The smallest absolute Gasteiger partial charge is 0.266 e. The van der Waals surface area contributed by atoms with Gasteiger partial charge in [0.1, 0.15) is 10.7 Å². The molecule has 0 spiro atoms. The molecule has 5 N–H and O–H groups in total. The van der Waals surface area contributed by atoms with Crippen molar-refractivity contribution >= 4 is 43.8 Å². The van der Waals surface area contributed by atoms with E-state index in [9.17, 15) is 17.9 Å². The second-order valence-electron chi connectivity index (χ2n) is 7.82. The number of thiazole rings is 1. The highest BCUT2D eigenvalue weighted by atomic mass is 35.5. The van der Waals surface area contributed by atoms with E-state index in [-0.39, 0.29) is 16.2 Å². The first-order chi connectivity index (χ1) is 14.7. The van der Waals surface area contributed by atoms with Crippen LogP contribution < -0.4 is 20.7 Å². The van der Waals surface area contributed by atoms with E-state index in [4.69, 9.17) is 11.6 Å². The zero-order valence-electron chi connectivity index (χ0n) is 17.1. The molecule has 2 atom stereocenters. The number of sulfonamides is 1. The molecule has 0 bridgehead atoms. The standard InChI is InChI=1S/C19H27ClFN5O3S2/c1-19(27)10-13(25-12-19)11-22-4-2-3-5-23-16-9-15(21)17(8-14(16)20)31(28,29)26-18-24-6-7-30-18/h6-9,13,22-23,25,27H,2-5,10-12H2,1H3,(H,24,26). The van der Waals surface area contributed by atoms with E-state index in [1.54, 1.807) is 5.38 Å². The molecule has 0 saturated carbocycles. The number of benzene rings is 1. The van der Waals surface area contributed by atoms with Crippen LogP contribution in [0.1, 0.15) is 26.2 Å². The number of nitrogens with zero attached hydrogens (tertiary/aromatic N) is 1. The van der Waals surface area contributed by atoms with Crippen molar-refractivity contribution in [3.05, 3.63) is 34.5 Å². The fourth-order valence-corrected chi connectivity index (χ4v) is 5.54. The molecule has 8 nitrogen and oxygen atoms in total. The molecule has 2 unspecified atom stereocenters. The van der Waals surface area contributed by atoms with Crippen molar-refractivity contribution in [2.24, 2.45) is 0 Å². The third-order valence-electron chi connectivity index (χ3n) is 4.91. The summed E-state index contributed by atoms with van der Waals surface area (Å²) in [5.74, 6) is -0.891. The number of nitrogens with one attached hydrogen (secondary N) is 4. The van der Waals surface area contributed by atoms with Gasteiger partial charge in [-0.3, -0.25) is 4.72 Å². The number of halogens is 2. The van der Waals surface area contributed by atoms with Gasteiger partial charge in [-0.1, -0.05) is 11.6 Å². The van der Waals surface area contributed by atoms with Crippen LogP contribution in [0.3, 0.4) is 0 Å². The molecule has 2 aromatic rings. The van der Waals surface area contributed by atoms with Crippen LogP contribution in [0.15, 0.2) is 28.6 Å². The summed E-state index contributed by atoms with van der Waals surface area (Å²) in [7, 11) is -4.12. The van der Waals surface area contributed by atoms with Crippen LogP contribution in [0.5, 0.6) is 0 Å². The number of hydrogen-bond acceptors (Lipinski definition) is 8. The molecule has 1 aromatic heterocycles. The minimum atomic E-state index is -4.12. The SMILES string of the molecule is CC1(O)CNC(CNCCCCNc2cc(F)c(S(=O)(=O)Nc3nccs3)cc2Cl)C1. The Labute approximate surface area is 190 Å². The molecule has 1 aliphatic rings. The van der Waals surface area contributed by atoms with Gasteiger partial charge in [0.15, 0.2) is 5.13 Å². The number of β-amino-alcohol motifs (C(OH)–C–C–N with tert-alkyl or cyclic N) is 1. The highest BCUT2D eigenvalue weighted by Gasteiger charge is 2.31. The maximum atomic E-state index is 14.5. The minimum absolute atomic E-state index is 0.124. The van der Waals surface area contributed by atoms with Crippen molar-refractivity contribution in [1.82, 2.24) is 15.6 Å². The fourth-order valence-electron chi connectivity index (χ4n) is 3.37. The number of aromatic nitrogens is 1. The molecule has 0 radical (unpaired) electrons. The van der Waals surface area contributed by atoms with Gasteiger partial charge in [-0.2, -0.15) is 0 Å². The largest absolute Gasteiger partial charge is 0.389 e. The highest BCUT2D eigenvalue weighted by molar-refractivity contribution is 7.93.